The second kappa shape index (κ2) is 23.3. The molecule has 0 atom stereocenters. The van der Waals surface area contributed by atoms with Crippen LogP contribution >= 0.6 is 0 Å². The molecule has 2 spiro atoms. The molecule has 4 aliphatic carbocycles. The molecule has 6 fully saturated rings. The number of pyridine rings is 2. The molecule has 11 nitrogen and oxygen atoms in total. The van der Waals surface area contributed by atoms with E-state index in [0.29, 0.717) is 30.1 Å². The summed E-state index contributed by atoms with van der Waals surface area (Å²) in [7, 11) is 0. The van der Waals surface area contributed by atoms with Crippen LogP contribution in [-0.4, -0.2) is 93.5 Å². The van der Waals surface area contributed by atoms with Crippen molar-refractivity contribution in [2.24, 2.45) is 22.7 Å². The van der Waals surface area contributed by atoms with Crippen molar-refractivity contribution >= 4 is 33.7 Å². The fourth-order valence-corrected chi connectivity index (χ4v) is 12.2. The van der Waals surface area contributed by atoms with Crippen LogP contribution in [0.1, 0.15) is 154 Å². The third-order valence-electron chi connectivity index (χ3n) is 16.3. The number of esters is 2. The van der Waals surface area contributed by atoms with Crippen LogP contribution in [0, 0.1) is 22.7 Å². The average molecular weight is 919 g/mol. The quantitative estimate of drug-likeness (QED) is 0.147. The number of hydrogen-bond donors (Lipinski definition) is 2. The molecule has 2 N–H and O–H groups in total. The third-order valence-corrected chi connectivity index (χ3v) is 16.3. The molecule has 2 aliphatic heterocycles. The number of aliphatic hydroxyl groups excluding tert-OH is 1. The van der Waals surface area contributed by atoms with Crippen LogP contribution in [0.15, 0.2) is 60.7 Å². The molecule has 2 aromatic heterocycles. The molecular formula is C56H78N4O7. The first kappa shape index (κ1) is 49.1. The normalized spacial score (nSPS) is 22.5. The number of aromatic hydroxyl groups is 1. The zero-order valence-electron chi connectivity index (χ0n) is 40.6. The topological polar surface area (TPSA) is 135 Å². The Hall–Kier alpha value is -4.32. The molecule has 2 aromatic carbocycles. The van der Waals surface area contributed by atoms with Crippen molar-refractivity contribution in [3.8, 4) is 11.5 Å². The van der Waals surface area contributed by atoms with Crippen molar-refractivity contribution in [3.63, 3.8) is 0 Å². The Kier molecular flexibility index (Phi) is 17.1. The van der Waals surface area contributed by atoms with Crippen LogP contribution in [0.5, 0.6) is 11.5 Å². The number of phenols is 1. The lowest BCUT2D eigenvalue weighted by Gasteiger charge is -2.37. The number of carbonyl (C=O) groups is 2. The summed E-state index contributed by atoms with van der Waals surface area (Å²) >= 11 is 0. The van der Waals surface area contributed by atoms with Gasteiger partial charge in [0.2, 0.25) is 0 Å². The van der Waals surface area contributed by atoms with E-state index in [1.54, 1.807) is 12.1 Å². The number of nitrogens with zero attached hydrogens (tertiary/aromatic N) is 4. The molecule has 4 aromatic rings. The van der Waals surface area contributed by atoms with Crippen molar-refractivity contribution in [1.29, 1.82) is 0 Å². The molecule has 2 saturated heterocycles. The van der Waals surface area contributed by atoms with Crippen molar-refractivity contribution in [1.82, 2.24) is 19.8 Å². The molecular weight excluding hydrogens is 841 g/mol. The van der Waals surface area contributed by atoms with E-state index >= 15 is 0 Å². The first-order valence-electron chi connectivity index (χ1n) is 26.2. The summed E-state index contributed by atoms with van der Waals surface area (Å²) in [4.78, 5) is 38.0. The summed E-state index contributed by atoms with van der Waals surface area (Å²) in [5.74, 6) is 1.23. The van der Waals surface area contributed by atoms with Gasteiger partial charge in [-0.3, -0.25) is 29.4 Å². The monoisotopic (exact) mass is 919 g/mol. The molecule has 364 valence electrons. The van der Waals surface area contributed by atoms with E-state index in [0.717, 1.165) is 117 Å². The number of fused-ring (bicyclic) bond motifs is 2. The predicted molar refractivity (Wildman–Crippen MR) is 264 cm³/mol. The summed E-state index contributed by atoms with van der Waals surface area (Å²) in [6.07, 6.45) is 25.1. The SMILES string of the molecule is CCOC(=O)C1CCN(Cc2ccc3cc(O)ccc3n2)CC1.CCOC(=O)C1CCN(Cc2ccc3cc(OC4CCC5(CCCC5)CC4)ccc3n2)CC1.OC1CCC2(CCCC2)CC1. The number of ether oxygens (including phenoxy) is 3. The maximum atomic E-state index is 12.0. The number of benzene rings is 2. The second-order valence-corrected chi connectivity index (χ2v) is 20.9. The van der Waals surface area contributed by atoms with Crippen LogP contribution in [-0.2, 0) is 32.2 Å². The molecule has 11 heteroatoms. The van der Waals surface area contributed by atoms with Gasteiger partial charge in [-0.2, -0.15) is 0 Å². The van der Waals surface area contributed by atoms with Crippen molar-refractivity contribution in [3.05, 3.63) is 72.1 Å². The van der Waals surface area contributed by atoms with Gasteiger partial charge >= 0.3 is 11.9 Å². The Morgan fingerprint density at radius 2 is 1.03 bits per heavy atom. The van der Waals surface area contributed by atoms with E-state index in [9.17, 15) is 19.8 Å². The van der Waals surface area contributed by atoms with E-state index in [1.165, 1.54) is 89.9 Å². The largest absolute Gasteiger partial charge is 0.508 e. The molecule has 67 heavy (non-hydrogen) atoms. The minimum atomic E-state index is -0.0595. The number of aliphatic hydroxyl groups is 1. The van der Waals surface area contributed by atoms with Crippen LogP contribution < -0.4 is 4.74 Å². The average Bonchev–Trinajstić information content (AvgIpc) is 4.02. The summed E-state index contributed by atoms with van der Waals surface area (Å²) < 4.78 is 16.7. The first-order valence-corrected chi connectivity index (χ1v) is 26.2. The Bertz CT molecular complexity index is 2200. The van der Waals surface area contributed by atoms with Crippen LogP contribution in [0.2, 0.25) is 0 Å². The number of likely N-dealkylation sites (tertiary alicyclic amines) is 2. The number of hydrogen-bond acceptors (Lipinski definition) is 11. The summed E-state index contributed by atoms with van der Waals surface area (Å²) in [6.45, 7) is 9.85. The fraction of sp³-hybridized carbons (Fsp3) is 0.643. The Labute approximate surface area is 399 Å². The summed E-state index contributed by atoms with van der Waals surface area (Å²) in [5.41, 5.74) is 5.35. The highest BCUT2D eigenvalue weighted by atomic mass is 16.5. The standard InChI is InChI=1S/C28H38N2O3.C18H22N2O3.C10H18O/c1-2-32-27(31)21-11-17-30(18-12-21)20-23-6-5-22-19-25(7-8-26(22)29-23)33-24-9-15-28(16-10-24)13-3-4-14-28;1-2-23-18(22)13-7-9-20(10-8-13)12-15-4-3-14-11-16(21)5-6-17(14)19-15;11-9-3-7-10(8-4-9)5-1-2-6-10/h5-8,19,21,24H,2-4,9-18,20H2,1H3;3-6,11,13,21H,2,7-10,12H2,1H3;9,11H,1-8H2. The zero-order chi connectivity index (χ0) is 46.6. The molecule has 6 aliphatic rings. The van der Waals surface area contributed by atoms with Gasteiger partial charge in [0.25, 0.3) is 0 Å². The maximum Gasteiger partial charge on any atom is 0.309 e. The van der Waals surface area contributed by atoms with Crippen molar-refractivity contribution in [2.45, 2.75) is 168 Å². The molecule has 0 unspecified atom stereocenters. The Balaban J connectivity index is 0.000000154. The van der Waals surface area contributed by atoms with Gasteiger partial charge in [-0.05, 0) is 202 Å². The second-order valence-electron chi connectivity index (χ2n) is 20.9. The Morgan fingerprint density at radius 3 is 1.51 bits per heavy atom. The minimum Gasteiger partial charge on any atom is -0.508 e. The number of carbonyl (C=O) groups excluding carboxylic acids is 2. The van der Waals surface area contributed by atoms with Crippen molar-refractivity contribution in [2.75, 3.05) is 39.4 Å². The number of piperidine rings is 2. The molecule has 4 heterocycles. The number of rotatable bonds is 10. The minimum absolute atomic E-state index is 0.0289. The highest BCUT2D eigenvalue weighted by Crippen LogP contribution is 2.50. The molecule has 0 radical (unpaired) electrons. The fourth-order valence-electron chi connectivity index (χ4n) is 12.2. The van der Waals surface area contributed by atoms with Crippen molar-refractivity contribution < 1.29 is 34.0 Å². The lowest BCUT2D eigenvalue weighted by Crippen LogP contribution is -2.36. The smallest absolute Gasteiger partial charge is 0.309 e. The van der Waals surface area contributed by atoms with Crippen LogP contribution in [0.4, 0.5) is 0 Å². The van der Waals surface area contributed by atoms with Gasteiger partial charge in [0, 0.05) is 23.9 Å². The number of phenolic OH excluding ortho intramolecular Hbond substituents is 1. The van der Waals surface area contributed by atoms with E-state index in [1.807, 2.05) is 32.0 Å². The van der Waals surface area contributed by atoms with Gasteiger partial charge in [-0.15, -0.1) is 0 Å². The molecule has 10 rings (SSSR count). The van der Waals surface area contributed by atoms with E-state index in [-0.39, 0.29) is 35.6 Å². The van der Waals surface area contributed by atoms with Gasteiger partial charge in [-0.1, -0.05) is 37.8 Å². The van der Waals surface area contributed by atoms with Gasteiger partial charge in [-0.25, -0.2) is 0 Å². The molecule has 0 bridgehead atoms. The third kappa shape index (κ3) is 13.5. The van der Waals surface area contributed by atoms with Crippen LogP contribution in [0.25, 0.3) is 21.8 Å². The zero-order valence-corrected chi connectivity index (χ0v) is 40.6. The lowest BCUT2D eigenvalue weighted by atomic mass is 9.72. The summed E-state index contributed by atoms with van der Waals surface area (Å²) in [6, 6.07) is 19.8. The van der Waals surface area contributed by atoms with Gasteiger partial charge < -0.3 is 24.4 Å². The first-order chi connectivity index (χ1) is 32.6. The number of aromatic nitrogens is 2. The highest BCUT2D eigenvalue weighted by Gasteiger charge is 2.39. The van der Waals surface area contributed by atoms with Gasteiger partial charge in [0.1, 0.15) is 11.5 Å². The molecule has 0 amide bonds. The van der Waals surface area contributed by atoms with Gasteiger partial charge in [0.15, 0.2) is 0 Å². The molecule has 4 saturated carbocycles. The predicted octanol–water partition coefficient (Wildman–Crippen LogP) is 11.1. The van der Waals surface area contributed by atoms with E-state index in [2.05, 4.69) is 45.1 Å². The van der Waals surface area contributed by atoms with Gasteiger partial charge in [0.05, 0.1) is 59.7 Å². The summed E-state index contributed by atoms with van der Waals surface area (Å²) in [5, 5.41) is 20.9. The lowest BCUT2D eigenvalue weighted by molar-refractivity contribution is -0.150. The van der Waals surface area contributed by atoms with Crippen LogP contribution in [0.3, 0.4) is 0 Å². The Morgan fingerprint density at radius 1 is 0.582 bits per heavy atom. The van der Waals surface area contributed by atoms with E-state index < -0.39 is 0 Å². The van der Waals surface area contributed by atoms with E-state index in [4.69, 9.17) is 19.2 Å². The highest BCUT2D eigenvalue weighted by molar-refractivity contribution is 5.81. The maximum absolute atomic E-state index is 12.0.